The summed E-state index contributed by atoms with van der Waals surface area (Å²) in [6.45, 7) is 6.03. The van der Waals surface area contributed by atoms with Crippen LogP contribution in [-0.4, -0.2) is 26.5 Å². The number of hydrogen-bond donors (Lipinski definition) is 1. The van der Waals surface area contributed by atoms with E-state index in [9.17, 15) is 9.90 Å². The average molecular weight is 375 g/mol. The van der Waals surface area contributed by atoms with Crippen molar-refractivity contribution in [1.29, 1.82) is 0 Å². The fourth-order valence-electron chi connectivity index (χ4n) is 3.99. The van der Waals surface area contributed by atoms with Crippen molar-refractivity contribution in [3.05, 3.63) is 75.9 Å². The molecule has 1 aliphatic carbocycles. The van der Waals surface area contributed by atoms with E-state index in [0.717, 1.165) is 42.5 Å². The van der Waals surface area contributed by atoms with Crippen LogP contribution in [0.3, 0.4) is 0 Å². The van der Waals surface area contributed by atoms with Crippen molar-refractivity contribution in [3.8, 4) is 11.4 Å². The van der Waals surface area contributed by atoms with Crippen LogP contribution in [-0.2, 0) is 6.54 Å². The van der Waals surface area contributed by atoms with Crippen LogP contribution in [0, 0.1) is 0 Å². The first-order valence-corrected chi connectivity index (χ1v) is 9.86. The Kier molecular flexibility index (Phi) is 5.09. The van der Waals surface area contributed by atoms with E-state index >= 15 is 0 Å². The number of nitrogens with zero attached hydrogens (tertiary/aromatic N) is 3. The molecule has 0 bridgehead atoms. The second-order valence-electron chi connectivity index (χ2n) is 7.62. The van der Waals surface area contributed by atoms with Gasteiger partial charge in [0, 0.05) is 17.5 Å². The van der Waals surface area contributed by atoms with Crippen molar-refractivity contribution in [2.45, 2.75) is 51.7 Å². The van der Waals surface area contributed by atoms with Crippen molar-refractivity contribution in [3.63, 3.8) is 0 Å². The van der Waals surface area contributed by atoms with Gasteiger partial charge in [0.15, 0.2) is 0 Å². The summed E-state index contributed by atoms with van der Waals surface area (Å²) >= 11 is 0. The summed E-state index contributed by atoms with van der Waals surface area (Å²) in [5, 5.41) is 9.97. The minimum atomic E-state index is -0.665. The van der Waals surface area contributed by atoms with Gasteiger partial charge in [-0.15, -0.1) is 0 Å². The SMILES string of the molecule is C=C1CC2=C(CCCC2)N=C1c1cnc(-c2ccccc2)n(CC(C)O)c1=O. The lowest BCUT2D eigenvalue weighted by atomic mass is 9.87. The number of aliphatic hydroxyl groups is 1. The molecule has 0 fully saturated rings. The van der Waals surface area contributed by atoms with Crippen LogP contribution in [0.25, 0.3) is 11.4 Å². The lowest BCUT2D eigenvalue weighted by Crippen LogP contribution is -2.33. The Labute approximate surface area is 164 Å². The minimum absolute atomic E-state index is 0.178. The quantitative estimate of drug-likeness (QED) is 0.882. The Morgan fingerprint density at radius 3 is 2.71 bits per heavy atom. The van der Waals surface area contributed by atoms with Crippen LogP contribution in [0.5, 0.6) is 0 Å². The minimum Gasteiger partial charge on any atom is -0.392 e. The second kappa shape index (κ2) is 7.68. The van der Waals surface area contributed by atoms with Gasteiger partial charge in [0.1, 0.15) is 5.82 Å². The molecule has 1 aromatic carbocycles. The molecule has 144 valence electrons. The van der Waals surface area contributed by atoms with Crippen molar-refractivity contribution in [2.24, 2.45) is 4.99 Å². The molecule has 2 heterocycles. The highest BCUT2D eigenvalue weighted by atomic mass is 16.3. The molecule has 5 nitrogen and oxygen atoms in total. The molecule has 1 atom stereocenters. The van der Waals surface area contributed by atoms with Gasteiger partial charge in [-0.3, -0.25) is 14.4 Å². The molecule has 0 spiro atoms. The molecule has 5 heteroatoms. The number of aromatic nitrogens is 2. The first kappa shape index (κ1) is 18.6. The van der Waals surface area contributed by atoms with Gasteiger partial charge in [0.05, 0.1) is 23.9 Å². The van der Waals surface area contributed by atoms with Crippen molar-refractivity contribution in [2.75, 3.05) is 0 Å². The van der Waals surface area contributed by atoms with Gasteiger partial charge in [-0.1, -0.05) is 36.9 Å². The summed E-state index contributed by atoms with van der Waals surface area (Å²) in [6, 6.07) is 9.57. The highest BCUT2D eigenvalue weighted by Crippen LogP contribution is 2.34. The standard InChI is InChI=1S/C23H25N3O2/c1-15-12-18-10-6-7-11-20(18)25-21(15)19-13-24-22(17-8-4-3-5-9-17)26(23(19)28)14-16(2)27/h3-5,8-9,13,16,27H,1,6-7,10-12,14H2,2H3. The molecule has 2 aromatic rings. The van der Waals surface area contributed by atoms with E-state index < -0.39 is 6.10 Å². The summed E-state index contributed by atoms with van der Waals surface area (Å²) in [7, 11) is 0. The topological polar surface area (TPSA) is 67.5 Å². The maximum absolute atomic E-state index is 13.4. The molecule has 0 saturated heterocycles. The molecule has 0 amide bonds. The molecular formula is C23H25N3O2. The van der Waals surface area contributed by atoms with Crippen molar-refractivity contribution < 1.29 is 5.11 Å². The maximum Gasteiger partial charge on any atom is 0.263 e. The van der Waals surface area contributed by atoms with Crippen molar-refractivity contribution >= 4 is 5.71 Å². The fraction of sp³-hybridized carbons (Fsp3) is 0.348. The van der Waals surface area contributed by atoms with Gasteiger partial charge in [-0.25, -0.2) is 4.98 Å². The van der Waals surface area contributed by atoms with Gasteiger partial charge in [-0.05, 0) is 50.2 Å². The molecule has 28 heavy (non-hydrogen) atoms. The van der Waals surface area contributed by atoms with Crippen LogP contribution in [0.4, 0.5) is 0 Å². The number of rotatable bonds is 4. The smallest absolute Gasteiger partial charge is 0.263 e. The van der Waals surface area contributed by atoms with E-state index in [4.69, 9.17) is 4.99 Å². The van der Waals surface area contributed by atoms with Gasteiger partial charge >= 0.3 is 0 Å². The third-order valence-corrected chi connectivity index (χ3v) is 5.34. The zero-order chi connectivity index (χ0) is 19.7. The average Bonchev–Trinajstić information content (AvgIpc) is 2.69. The summed E-state index contributed by atoms with van der Waals surface area (Å²) in [5.74, 6) is 0.551. The molecule has 1 unspecified atom stereocenters. The largest absolute Gasteiger partial charge is 0.392 e. The van der Waals surface area contributed by atoms with Crippen LogP contribution in [0.15, 0.2) is 69.7 Å². The Bertz CT molecular complexity index is 1030. The van der Waals surface area contributed by atoms with Gasteiger partial charge in [0.25, 0.3) is 5.56 Å². The van der Waals surface area contributed by atoms with Gasteiger partial charge < -0.3 is 5.11 Å². The van der Waals surface area contributed by atoms with Crippen molar-refractivity contribution in [1.82, 2.24) is 9.55 Å². The van der Waals surface area contributed by atoms with E-state index in [0.29, 0.717) is 17.1 Å². The van der Waals surface area contributed by atoms with E-state index in [1.54, 1.807) is 17.7 Å². The molecular weight excluding hydrogens is 350 g/mol. The van der Waals surface area contributed by atoms with Gasteiger partial charge in [0.2, 0.25) is 0 Å². The predicted octanol–water partition coefficient (Wildman–Crippen LogP) is 3.87. The number of allylic oxidation sites excluding steroid dienone is 3. The molecule has 0 radical (unpaired) electrons. The van der Waals surface area contributed by atoms with E-state index in [1.807, 2.05) is 30.3 Å². The molecule has 1 N–H and O–H groups in total. The molecule has 0 saturated carbocycles. The highest BCUT2D eigenvalue weighted by Gasteiger charge is 2.25. The normalized spacial score (nSPS) is 17.9. The van der Waals surface area contributed by atoms with Crippen LogP contribution in [0.1, 0.15) is 44.6 Å². The maximum atomic E-state index is 13.4. The third kappa shape index (κ3) is 3.50. The first-order chi connectivity index (χ1) is 13.5. The fourth-order valence-corrected chi connectivity index (χ4v) is 3.99. The summed E-state index contributed by atoms with van der Waals surface area (Å²) in [5.41, 5.74) is 5.11. The molecule has 4 rings (SSSR count). The number of aliphatic hydroxyl groups excluding tert-OH is 1. The third-order valence-electron chi connectivity index (χ3n) is 5.34. The lowest BCUT2D eigenvalue weighted by Gasteiger charge is -2.25. The molecule has 1 aliphatic heterocycles. The Hall–Kier alpha value is -2.79. The molecule has 1 aromatic heterocycles. The summed E-state index contributed by atoms with van der Waals surface area (Å²) < 4.78 is 1.55. The number of aliphatic imine (C=N–C) groups is 1. The van der Waals surface area contributed by atoms with Crippen LogP contribution >= 0.6 is 0 Å². The Balaban J connectivity index is 1.85. The second-order valence-corrected chi connectivity index (χ2v) is 7.62. The van der Waals surface area contributed by atoms with Crippen LogP contribution in [0.2, 0.25) is 0 Å². The number of hydrogen-bond acceptors (Lipinski definition) is 4. The Morgan fingerprint density at radius 1 is 1.21 bits per heavy atom. The number of benzene rings is 1. The lowest BCUT2D eigenvalue weighted by molar-refractivity contribution is 0.172. The zero-order valence-electron chi connectivity index (χ0n) is 16.2. The summed E-state index contributed by atoms with van der Waals surface area (Å²) in [6.07, 6.45) is 6.10. The van der Waals surface area contributed by atoms with E-state index in [-0.39, 0.29) is 12.1 Å². The summed E-state index contributed by atoms with van der Waals surface area (Å²) in [4.78, 5) is 22.8. The molecule has 2 aliphatic rings. The Morgan fingerprint density at radius 2 is 1.96 bits per heavy atom. The van der Waals surface area contributed by atoms with E-state index in [1.165, 1.54) is 12.0 Å². The first-order valence-electron chi connectivity index (χ1n) is 9.86. The highest BCUT2D eigenvalue weighted by molar-refractivity contribution is 6.13. The zero-order valence-corrected chi connectivity index (χ0v) is 16.2. The van der Waals surface area contributed by atoms with Gasteiger partial charge in [-0.2, -0.15) is 0 Å². The monoisotopic (exact) mass is 375 g/mol. The predicted molar refractivity (Wildman–Crippen MR) is 111 cm³/mol. The van der Waals surface area contributed by atoms with E-state index in [2.05, 4.69) is 11.6 Å². The van der Waals surface area contributed by atoms with Crippen LogP contribution < -0.4 is 5.56 Å².